The van der Waals surface area contributed by atoms with Gasteiger partial charge in [-0.3, -0.25) is 0 Å². The van der Waals surface area contributed by atoms with E-state index in [0.717, 1.165) is 22.5 Å². The Labute approximate surface area is 132 Å². The fourth-order valence-electron chi connectivity index (χ4n) is 2.18. The van der Waals surface area contributed by atoms with Crippen molar-refractivity contribution in [2.24, 2.45) is 0 Å². The standard InChI is InChI=1S/C15H18N4S2/c1-4-11-7-12-13(17-9(2)10-5-6-20-8-10)18-15(16-3)19-14(12)21-11/h5-9H,4H2,1-3H3,(H2,16,17,18,19). The van der Waals surface area contributed by atoms with E-state index in [0.29, 0.717) is 5.95 Å². The van der Waals surface area contributed by atoms with Crippen molar-refractivity contribution in [1.82, 2.24) is 9.97 Å². The summed E-state index contributed by atoms with van der Waals surface area (Å²) in [6.07, 6.45) is 1.02. The average molecular weight is 318 g/mol. The van der Waals surface area contributed by atoms with Crippen LogP contribution in [0.1, 0.15) is 30.3 Å². The molecular weight excluding hydrogens is 300 g/mol. The molecule has 0 fully saturated rings. The summed E-state index contributed by atoms with van der Waals surface area (Å²) in [6.45, 7) is 4.32. The van der Waals surface area contributed by atoms with Crippen LogP contribution in [0, 0.1) is 0 Å². The van der Waals surface area contributed by atoms with Crippen molar-refractivity contribution in [3.63, 3.8) is 0 Å². The molecule has 3 heterocycles. The molecule has 0 spiro atoms. The van der Waals surface area contributed by atoms with Crippen LogP contribution in [0.2, 0.25) is 0 Å². The van der Waals surface area contributed by atoms with E-state index in [1.54, 1.807) is 22.7 Å². The molecule has 0 aliphatic rings. The van der Waals surface area contributed by atoms with Gasteiger partial charge in [0.2, 0.25) is 5.95 Å². The first-order valence-electron chi connectivity index (χ1n) is 6.98. The number of fused-ring (bicyclic) bond motifs is 1. The van der Waals surface area contributed by atoms with Crippen LogP contribution in [0.15, 0.2) is 22.9 Å². The lowest BCUT2D eigenvalue weighted by molar-refractivity contribution is 0.882. The first kappa shape index (κ1) is 14.3. The van der Waals surface area contributed by atoms with Crippen LogP contribution in [-0.4, -0.2) is 17.0 Å². The van der Waals surface area contributed by atoms with Gasteiger partial charge in [0.05, 0.1) is 11.4 Å². The molecule has 3 aromatic rings. The molecule has 1 atom stereocenters. The number of anilines is 2. The smallest absolute Gasteiger partial charge is 0.225 e. The van der Waals surface area contributed by atoms with Crippen LogP contribution >= 0.6 is 22.7 Å². The summed E-state index contributed by atoms with van der Waals surface area (Å²) in [5.74, 6) is 1.56. The Balaban J connectivity index is 2.01. The molecule has 2 N–H and O–H groups in total. The molecule has 4 nitrogen and oxygen atoms in total. The van der Waals surface area contributed by atoms with Crippen LogP contribution in [0.4, 0.5) is 11.8 Å². The van der Waals surface area contributed by atoms with Gasteiger partial charge in [-0.2, -0.15) is 16.3 Å². The van der Waals surface area contributed by atoms with Crippen molar-refractivity contribution in [3.8, 4) is 0 Å². The fourth-order valence-corrected chi connectivity index (χ4v) is 3.90. The van der Waals surface area contributed by atoms with Gasteiger partial charge in [-0.1, -0.05) is 6.92 Å². The maximum Gasteiger partial charge on any atom is 0.225 e. The first-order chi connectivity index (χ1) is 10.2. The maximum atomic E-state index is 4.59. The van der Waals surface area contributed by atoms with E-state index in [4.69, 9.17) is 0 Å². The molecule has 0 saturated carbocycles. The number of aryl methyl sites for hydroxylation is 1. The molecule has 3 aromatic heterocycles. The van der Waals surface area contributed by atoms with Gasteiger partial charge in [0, 0.05) is 11.9 Å². The van der Waals surface area contributed by atoms with Crippen molar-refractivity contribution >= 4 is 44.7 Å². The Hall–Kier alpha value is -1.66. The number of rotatable bonds is 5. The van der Waals surface area contributed by atoms with Crippen molar-refractivity contribution in [2.45, 2.75) is 26.3 Å². The van der Waals surface area contributed by atoms with Crippen LogP contribution in [0.25, 0.3) is 10.2 Å². The molecule has 3 rings (SSSR count). The molecule has 110 valence electrons. The average Bonchev–Trinajstić information content (AvgIpc) is 3.15. The van der Waals surface area contributed by atoms with Crippen molar-refractivity contribution in [1.29, 1.82) is 0 Å². The molecule has 1 unspecified atom stereocenters. The highest BCUT2D eigenvalue weighted by Crippen LogP contribution is 2.32. The zero-order chi connectivity index (χ0) is 14.8. The van der Waals surface area contributed by atoms with Gasteiger partial charge in [-0.15, -0.1) is 11.3 Å². The van der Waals surface area contributed by atoms with E-state index in [1.807, 2.05) is 7.05 Å². The second kappa shape index (κ2) is 5.99. The minimum atomic E-state index is 0.226. The van der Waals surface area contributed by atoms with Gasteiger partial charge >= 0.3 is 0 Å². The Morgan fingerprint density at radius 1 is 1.33 bits per heavy atom. The molecule has 0 amide bonds. The van der Waals surface area contributed by atoms with Crippen LogP contribution in [0.3, 0.4) is 0 Å². The van der Waals surface area contributed by atoms with Crippen LogP contribution < -0.4 is 10.6 Å². The van der Waals surface area contributed by atoms with Gasteiger partial charge in [-0.25, -0.2) is 4.98 Å². The molecule has 0 saturated heterocycles. The lowest BCUT2D eigenvalue weighted by Crippen LogP contribution is -2.09. The normalized spacial score (nSPS) is 12.5. The summed E-state index contributed by atoms with van der Waals surface area (Å²) in [5.41, 5.74) is 1.28. The summed E-state index contributed by atoms with van der Waals surface area (Å²) in [6, 6.07) is 4.57. The Kier molecular flexibility index (Phi) is 4.07. The van der Waals surface area contributed by atoms with Gasteiger partial charge in [0.1, 0.15) is 10.6 Å². The SMILES string of the molecule is CCc1cc2c(NC(C)c3ccsc3)nc(NC)nc2s1. The second-order valence-electron chi connectivity index (χ2n) is 4.85. The lowest BCUT2D eigenvalue weighted by atomic mass is 10.2. The second-order valence-corrected chi connectivity index (χ2v) is 6.75. The topological polar surface area (TPSA) is 49.8 Å². The van der Waals surface area contributed by atoms with E-state index in [1.165, 1.54) is 10.4 Å². The monoisotopic (exact) mass is 318 g/mol. The Morgan fingerprint density at radius 3 is 2.86 bits per heavy atom. The summed E-state index contributed by atoms with van der Waals surface area (Å²) in [4.78, 5) is 11.5. The van der Waals surface area contributed by atoms with E-state index in [9.17, 15) is 0 Å². The summed E-state index contributed by atoms with van der Waals surface area (Å²) in [7, 11) is 1.85. The molecular formula is C15H18N4S2. The van der Waals surface area contributed by atoms with Crippen LogP contribution in [-0.2, 0) is 6.42 Å². The van der Waals surface area contributed by atoms with Gasteiger partial charge in [0.15, 0.2) is 0 Å². The zero-order valence-corrected chi connectivity index (χ0v) is 13.9. The predicted molar refractivity (Wildman–Crippen MR) is 92.7 cm³/mol. The van der Waals surface area contributed by atoms with E-state index in [2.05, 4.69) is 57.3 Å². The van der Waals surface area contributed by atoms with Crippen molar-refractivity contribution in [2.75, 3.05) is 17.7 Å². The van der Waals surface area contributed by atoms with E-state index < -0.39 is 0 Å². The van der Waals surface area contributed by atoms with Gasteiger partial charge in [-0.05, 0) is 41.8 Å². The molecule has 0 aliphatic carbocycles. The highest BCUT2D eigenvalue weighted by atomic mass is 32.1. The third kappa shape index (κ3) is 2.87. The number of hydrogen-bond acceptors (Lipinski definition) is 6. The summed E-state index contributed by atoms with van der Waals surface area (Å²) >= 11 is 3.45. The summed E-state index contributed by atoms with van der Waals surface area (Å²) in [5, 5.41) is 11.9. The molecule has 21 heavy (non-hydrogen) atoms. The molecule has 0 aliphatic heterocycles. The summed E-state index contributed by atoms with van der Waals surface area (Å²) < 4.78 is 0. The predicted octanol–water partition coefficient (Wildman–Crippen LogP) is 4.53. The maximum absolute atomic E-state index is 4.59. The molecule has 0 radical (unpaired) electrons. The quantitative estimate of drug-likeness (QED) is 0.725. The largest absolute Gasteiger partial charge is 0.363 e. The first-order valence-corrected chi connectivity index (χ1v) is 8.74. The van der Waals surface area contributed by atoms with Gasteiger partial charge < -0.3 is 10.6 Å². The zero-order valence-electron chi connectivity index (χ0n) is 12.3. The highest BCUT2D eigenvalue weighted by Gasteiger charge is 2.14. The van der Waals surface area contributed by atoms with E-state index >= 15 is 0 Å². The lowest BCUT2D eigenvalue weighted by Gasteiger charge is -2.14. The number of hydrogen-bond donors (Lipinski definition) is 2. The van der Waals surface area contributed by atoms with Crippen LogP contribution in [0.5, 0.6) is 0 Å². The third-order valence-electron chi connectivity index (χ3n) is 3.41. The number of thiophene rings is 2. The van der Waals surface area contributed by atoms with Crippen molar-refractivity contribution in [3.05, 3.63) is 33.3 Å². The molecule has 0 bridgehead atoms. The number of aromatic nitrogens is 2. The minimum Gasteiger partial charge on any atom is -0.363 e. The Bertz CT molecular complexity index is 734. The Morgan fingerprint density at radius 2 is 2.19 bits per heavy atom. The fraction of sp³-hybridized carbons (Fsp3) is 0.333. The van der Waals surface area contributed by atoms with Gasteiger partial charge in [0.25, 0.3) is 0 Å². The third-order valence-corrected chi connectivity index (χ3v) is 5.29. The number of nitrogens with one attached hydrogen (secondary N) is 2. The van der Waals surface area contributed by atoms with E-state index in [-0.39, 0.29) is 6.04 Å². The molecule has 0 aromatic carbocycles. The minimum absolute atomic E-state index is 0.226. The van der Waals surface area contributed by atoms with Crippen molar-refractivity contribution < 1.29 is 0 Å². The highest BCUT2D eigenvalue weighted by molar-refractivity contribution is 7.18. The number of nitrogens with zero attached hydrogens (tertiary/aromatic N) is 2. The molecule has 6 heteroatoms.